The lowest BCUT2D eigenvalue weighted by Gasteiger charge is -2.20. The van der Waals surface area contributed by atoms with Crippen molar-refractivity contribution in [2.75, 3.05) is 17.9 Å². The Morgan fingerprint density at radius 1 is 1.24 bits per heavy atom. The van der Waals surface area contributed by atoms with Crippen LogP contribution in [0, 0.1) is 6.92 Å². The molecule has 25 heavy (non-hydrogen) atoms. The summed E-state index contributed by atoms with van der Waals surface area (Å²) in [6.45, 7) is 5.73. The van der Waals surface area contributed by atoms with Crippen molar-refractivity contribution in [3.63, 3.8) is 0 Å². The maximum absolute atomic E-state index is 12.7. The number of carbonyl (C=O) groups is 1. The van der Waals surface area contributed by atoms with Gasteiger partial charge in [0.25, 0.3) is 15.9 Å². The molecule has 0 aliphatic heterocycles. The van der Waals surface area contributed by atoms with Crippen molar-refractivity contribution in [1.82, 2.24) is 5.32 Å². The van der Waals surface area contributed by atoms with Gasteiger partial charge in [-0.2, -0.15) is 0 Å². The Morgan fingerprint density at radius 3 is 2.44 bits per heavy atom. The third kappa shape index (κ3) is 4.21. The standard InChI is InChI=1S/C18H19ClN2O3S/c1-4-11-20-18(22)16-10-7-14(12-17(16)19)21(3)25(23,24)15-8-5-13(2)6-9-15/h4-10,12H,1,11H2,2-3H3,(H,20,22). The number of aryl methyl sites for hydroxylation is 1. The first-order chi connectivity index (χ1) is 11.8. The molecule has 0 atom stereocenters. The van der Waals surface area contributed by atoms with Crippen LogP contribution in [0.4, 0.5) is 5.69 Å². The Labute approximate surface area is 153 Å². The zero-order valence-electron chi connectivity index (χ0n) is 14.0. The molecule has 1 N–H and O–H groups in total. The minimum atomic E-state index is -3.71. The third-order valence-electron chi connectivity index (χ3n) is 3.65. The molecule has 2 aromatic carbocycles. The second kappa shape index (κ2) is 7.72. The molecule has 0 spiro atoms. The van der Waals surface area contributed by atoms with Gasteiger partial charge >= 0.3 is 0 Å². The van der Waals surface area contributed by atoms with E-state index in [0.29, 0.717) is 12.2 Å². The van der Waals surface area contributed by atoms with Gasteiger partial charge in [-0.3, -0.25) is 9.10 Å². The molecule has 7 heteroatoms. The minimum Gasteiger partial charge on any atom is -0.349 e. The summed E-state index contributed by atoms with van der Waals surface area (Å²) in [6, 6.07) is 11.1. The molecule has 0 aliphatic rings. The van der Waals surface area contributed by atoms with Crippen molar-refractivity contribution in [3.05, 3.63) is 71.3 Å². The van der Waals surface area contributed by atoms with Crippen molar-refractivity contribution in [3.8, 4) is 0 Å². The smallest absolute Gasteiger partial charge is 0.264 e. The van der Waals surface area contributed by atoms with Crippen molar-refractivity contribution >= 4 is 33.2 Å². The van der Waals surface area contributed by atoms with Crippen LogP contribution in [-0.2, 0) is 10.0 Å². The number of benzene rings is 2. The van der Waals surface area contributed by atoms with Crippen LogP contribution >= 0.6 is 11.6 Å². The van der Waals surface area contributed by atoms with Gasteiger partial charge < -0.3 is 5.32 Å². The molecule has 1 amide bonds. The first-order valence-corrected chi connectivity index (χ1v) is 9.33. The molecular formula is C18H19ClN2O3S. The summed E-state index contributed by atoms with van der Waals surface area (Å²) in [6.07, 6.45) is 1.56. The summed E-state index contributed by atoms with van der Waals surface area (Å²) in [5.74, 6) is -0.347. The highest BCUT2D eigenvalue weighted by atomic mass is 35.5. The van der Waals surface area contributed by atoms with E-state index in [1.807, 2.05) is 6.92 Å². The third-order valence-corrected chi connectivity index (χ3v) is 5.76. The largest absolute Gasteiger partial charge is 0.349 e. The van der Waals surface area contributed by atoms with Crippen LogP contribution < -0.4 is 9.62 Å². The molecule has 0 heterocycles. The first-order valence-electron chi connectivity index (χ1n) is 7.51. The molecule has 0 fully saturated rings. The molecule has 0 saturated carbocycles. The SMILES string of the molecule is C=CCNC(=O)c1ccc(N(C)S(=O)(=O)c2ccc(C)cc2)cc1Cl. The van der Waals surface area contributed by atoms with E-state index < -0.39 is 10.0 Å². The number of nitrogens with one attached hydrogen (secondary N) is 1. The van der Waals surface area contributed by atoms with Gasteiger partial charge in [-0.05, 0) is 37.3 Å². The summed E-state index contributed by atoms with van der Waals surface area (Å²) in [4.78, 5) is 12.2. The highest BCUT2D eigenvalue weighted by molar-refractivity contribution is 7.92. The van der Waals surface area contributed by atoms with E-state index in [0.717, 1.165) is 9.87 Å². The number of hydrogen-bond acceptors (Lipinski definition) is 3. The molecular weight excluding hydrogens is 360 g/mol. The van der Waals surface area contributed by atoms with Crippen LogP contribution in [0.25, 0.3) is 0 Å². The fraction of sp³-hybridized carbons (Fsp3) is 0.167. The lowest BCUT2D eigenvalue weighted by Crippen LogP contribution is -2.27. The van der Waals surface area contributed by atoms with Crippen LogP contribution in [0.1, 0.15) is 15.9 Å². The van der Waals surface area contributed by atoms with E-state index in [4.69, 9.17) is 11.6 Å². The Bertz CT molecular complexity index is 893. The maximum atomic E-state index is 12.7. The van der Waals surface area contributed by atoms with Crippen LogP contribution in [0.2, 0.25) is 5.02 Å². The predicted octanol–water partition coefficient (Wildman–Crippen LogP) is 3.39. The average molecular weight is 379 g/mol. The highest BCUT2D eigenvalue weighted by Crippen LogP contribution is 2.27. The second-order valence-electron chi connectivity index (χ2n) is 5.45. The van der Waals surface area contributed by atoms with Crippen LogP contribution in [0.3, 0.4) is 0 Å². The van der Waals surface area contributed by atoms with Crippen molar-refractivity contribution in [2.45, 2.75) is 11.8 Å². The molecule has 0 aromatic heterocycles. The van der Waals surface area contributed by atoms with Crippen molar-refractivity contribution in [2.24, 2.45) is 0 Å². The van der Waals surface area contributed by atoms with E-state index in [2.05, 4.69) is 11.9 Å². The fourth-order valence-corrected chi connectivity index (χ4v) is 3.60. The number of sulfonamides is 1. The Kier molecular flexibility index (Phi) is 5.87. The van der Waals surface area contributed by atoms with E-state index in [1.54, 1.807) is 36.4 Å². The number of halogens is 1. The number of carbonyl (C=O) groups excluding carboxylic acids is 1. The first kappa shape index (κ1) is 19.0. The fourth-order valence-electron chi connectivity index (χ4n) is 2.15. The highest BCUT2D eigenvalue weighted by Gasteiger charge is 2.22. The van der Waals surface area contributed by atoms with Gasteiger partial charge in [0.1, 0.15) is 0 Å². The summed E-state index contributed by atoms with van der Waals surface area (Å²) in [7, 11) is -2.27. The summed E-state index contributed by atoms with van der Waals surface area (Å²) < 4.78 is 26.5. The topological polar surface area (TPSA) is 66.5 Å². The lowest BCUT2D eigenvalue weighted by molar-refractivity contribution is 0.0958. The Morgan fingerprint density at radius 2 is 1.88 bits per heavy atom. The molecule has 2 aromatic rings. The number of nitrogens with zero attached hydrogens (tertiary/aromatic N) is 1. The normalized spacial score (nSPS) is 11.0. The second-order valence-corrected chi connectivity index (χ2v) is 7.82. The number of hydrogen-bond donors (Lipinski definition) is 1. The van der Waals surface area contributed by atoms with Crippen molar-refractivity contribution in [1.29, 1.82) is 0 Å². The summed E-state index contributed by atoms with van der Waals surface area (Å²) >= 11 is 6.16. The average Bonchev–Trinajstić information content (AvgIpc) is 2.59. The van der Waals surface area contributed by atoms with Crippen molar-refractivity contribution < 1.29 is 13.2 Å². The van der Waals surface area contributed by atoms with Crippen LogP contribution in [-0.4, -0.2) is 27.9 Å². The summed E-state index contributed by atoms with van der Waals surface area (Å²) in [5.41, 5.74) is 1.61. The van der Waals surface area contributed by atoms with Gasteiger partial charge in [0.15, 0.2) is 0 Å². The molecule has 0 saturated heterocycles. The quantitative estimate of drug-likeness (QED) is 0.783. The minimum absolute atomic E-state index is 0.171. The van der Waals surface area contributed by atoms with E-state index in [1.165, 1.54) is 19.2 Å². The monoisotopic (exact) mass is 378 g/mol. The molecule has 2 rings (SSSR count). The predicted molar refractivity (Wildman–Crippen MR) is 101 cm³/mol. The maximum Gasteiger partial charge on any atom is 0.264 e. The Balaban J connectivity index is 2.32. The Hall–Kier alpha value is -2.31. The molecule has 132 valence electrons. The lowest BCUT2D eigenvalue weighted by atomic mass is 10.2. The van der Waals surface area contributed by atoms with E-state index in [-0.39, 0.29) is 21.4 Å². The molecule has 0 radical (unpaired) electrons. The zero-order chi connectivity index (χ0) is 18.6. The van der Waals surface area contributed by atoms with Gasteiger partial charge in [-0.25, -0.2) is 8.42 Å². The number of rotatable bonds is 6. The van der Waals surface area contributed by atoms with E-state index >= 15 is 0 Å². The number of anilines is 1. The van der Waals surface area contributed by atoms with Gasteiger partial charge in [0, 0.05) is 13.6 Å². The van der Waals surface area contributed by atoms with Crippen LogP contribution in [0.15, 0.2) is 60.0 Å². The number of amides is 1. The molecule has 5 nitrogen and oxygen atoms in total. The molecule has 0 unspecified atom stereocenters. The van der Waals surface area contributed by atoms with Gasteiger partial charge in [-0.15, -0.1) is 6.58 Å². The zero-order valence-corrected chi connectivity index (χ0v) is 15.6. The van der Waals surface area contributed by atoms with Crippen LogP contribution in [0.5, 0.6) is 0 Å². The van der Waals surface area contributed by atoms with Gasteiger partial charge in [-0.1, -0.05) is 35.4 Å². The van der Waals surface area contributed by atoms with E-state index in [9.17, 15) is 13.2 Å². The molecule has 0 bridgehead atoms. The molecule has 0 aliphatic carbocycles. The summed E-state index contributed by atoms with van der Waals surface area (Å²) in [5, 5.41) is 2.80. The van der Waals surface area contributed by atoms with Gasteiger partial charge in [0.05, 0.1) is 21.2 Å². The van der Waals surface area contributed by atoms with Gasteiger partial charge in [0.2, 0.25) is 0 Å².